The Bertz CT molecular complexity index is 513. The zero-order valence-corrected chi connectivity index (χ0v) is 14.5. The summed E-state index contributed by atoms with van der Waals surface area (Å²) in [4.78, 5) is 17.6. The zero-order valence-electron chi connectivity index (χ0n) is 13.0. The maximum absolute atomic E-state index is 11.8. The van der Waals surface area contributed by atoms with Gasteiger partial charge in [-0.15, -0.1) is 11.6 Å². The van der Waals surface area contributed by atoms with E-state index in [1.54, 1.807) is 6.07 Å². The summed E-state index contributed by atoms with van der Waals surface area (Å²) < 4.78 is 0. The van der Waals surface area contributed by atoms with Gasteiger partial charge in [-0.25, -0.2) is 4.79 Å². The highest BCUT2D eigenvalue weighted by Crippen LogP contribution is 2.35. The molecule has 0 saturated carbocycles. The minimum atomic E-state index is -0.974. The molecule has 21 heavy (non-hydrogen) atoms. The number of rotatable bonds is 4. The van der Waals surface area contributed by atoms with Gasteiger partial charge in [0.2, 0.25) is 0 Å². The van der Waals surface area contributed by atoms with Crippen LogP contribution in [-0.2, 0) is 5.88 Å². The predicted octanol–water partition coefficient (Wildman–Crippen LogP) is 4.95. The number of aromatic nitrogens is 1. The van der Waals surface area contributed by atoms with Gasteiger partial charge in [0.1, 0.15) is 0 Å². The second-order valence-electron chi connectivity index (χ2n) is 6.34. The van der Waals surface area contributed by atoms with Crippen LogP contribution >= 0.6 is 23.2 Å². The van der Waals surface area contributed by atoms with Crippen LogP contribution in [0.5, 0.6) is 0 Å². The number of carboxylic acid groups (broad SMARTS) is 1. The molecule has 0 aliphatic rings. The molecular weight excluding hydrogens is 311 g/mol. The van der Waals surface area contributed by atoms with Gasteiger partial charge in [0, 0.05) is 17.6 Å². The molecule has 4 nitrogen and oxygen atoms in total. The minimum Gasteiger partial charge on any atom is -0.465 e. The lowest BCUT2D eigenvalue weighted by Crippen LogP contribution is -2.49. The van der Waals surface area contributed by atoms with Crippen LogP contribution in [0.25, 0.3) is 0 Å². The summed E-state index contributed by atoms with van der Waals surface area (Å²) in [6, 6.07) is 1.36. The number of amides is 1. The van der Waals surface area contributed by atoms with Crippen molar-refractivity contribution in [2.75, 3.05) is 0 Å². The van der Waals surface area contributed by atoms with Crippen molar-refractivity contribution in [2.24, 2.45) is 5.92 Å². The molecule has 0 aliphatic heterocycles. The molecule has 118 valence electrons. The lowest BCUT2D eigenvalue weighted by Gasteiger charge is -2.41. The van der Waals surface area contributed by atoms with E-state index in [-0.39, 0.29) is 17.8 Å². The quantitative estimate of drug-likeness (QED) is 0.793. The molecule has 1 N–H and O–H groups in total. The highest BCUT2D eigenvalue weighted by Gasteiger charge is 2.37. The monoisotopic (exact) mass is 332 g/mol. The second-order valence-corrected chi connectivity index (χ2v) is 7.05. The van der Waals surface area contributed by atoms with Crippen LogP contribution < -0.4 is 0 Å². The van der Waals surface area contributed by atoms with E-state index in [4.69, 9.17) is 23.2 Å². The van der Waals surface area contributed by atoms with Gasteiger partial charge in [-0.05, 0) is 38.3 Å². The fraction of sp³-hybridized carbons (Fsp3) is 0.600. The standard InChI is InChI=1S/C15H22Cl2N2O2/c1-9(2)13(19(14(20)21)15(3,4)5)12-10(7-16)6-11(17)8-18-12/h6,8-9,13H,7H2,1-5H3,(H,20,21)/t13-/m0/s1. The van der Waals surface area contributed by atoms with E-state index in [1.165, 1.54) is 11.1 Å². The van der Waals surface area contributed by atoms with Crippen LogP contribution in [0.15, 0.2) is 12.3 Å². The Morgan fingerprint density at radius 1 is 1.43 bits per heavy atom. The lowest BCUT2D eigenvalue weighted by molar-refractivity contribution is 0.0516. The largest absolute Gasteiger partial charge is 0.465 e. The van der Waals surface area contributed by atoms with Crippen molar-refractivity contribution in [3.05, 3.63) is 28.5 Å². The molecule has 1 aromatic rings. The number of pyridine rings is 1. The summed E-state index contributed by atoms with van der Waals surface area (Å²) in [6.45, 7) is 9.55. The molecule has 0 bridgehead atoms. The summed E-state index contributed by atoms with van der Waals surface area (Å²) in [5, 5.41) is 10.1. The number of alkyl halides is 1. The van der Waals surface area contributed by atoms with Gasteiger partial charge in [-0.1, -0.05) is 25.4 Å². The maximum atomic E-state index is 11.8. The molecule has 1 rings (SSSR count). The van der Waals surface area contributed by atoms with Gasteiger partial charge in [0.05, 0.1) is 16.8 Å². The molecule has 1 amide bonds. The Morgan fingerprint density at radius 2 is 2.00 bits per heavy atom. The van der Waals surface area contributed by atoms with Crippen molar-refractivity contribution < 1.29 is 9.90 Å². The number of nitrogens with zero attached hydrogens (tertiary/aromatic N) is 2. The van der Waals surface area contributed by atoms with E-state index in [0.717, 1.165) is 5.56 Å². The Balaban J connectivity index is 3.45. The molecule has 0 unspecified atom stereocenters. The molecule has 0 saturated heterocycles. The third kappa shape index (κ3) is 4.24. The lowest BCUT2D eigenvalue weighted by atomic mass is 9.91. The van der Waals surface area contributed by atoms with Crippen molar-refractivity contribution >= 4 is 29.3 Å². The molecule has 0 aliphatic carbocycles. The summed E-state index contributed by atoms with van der Waals surface area (Å²) in [5.74, 6) is 0.292. The predicted molar refractivity (Wildman–Crippen MR) is 86.0 cm³/mol. The summed E-state index contributed by atoms with van der Waals surface area (Å²) >= 11 is 11.9. The van der Waals surface area contributed by atoms with Gasteiger partial charge in [0.15, 0.2) is 0 Å². The first-order chi connectivity index (χ1) is 9.59. The highest BCUT2D eigenvalue weighted by molar-refractivity contribution is 6.30. The van der Waals surface area contributed by atoms with Crippen LogP contribution in [0, 0.1) is 5.92 Å². The number of carbonyl (C=O) groups is 1. The first-order valence-corrected chi connectivity index (χ1v) is 7.73. The topological polar surface area (TPSA) is 53.4 Å². The van der Waals surface area contributed by atoms with Crippen molar-refractivity contribution in [1.82, 2.24) is 9.88 Å². The molecule has 0 aromatic carbocycles. The average molecular weight is 333 g/mol. The number of hydrogen-bond acceptors (Lipinski definition) is 2. The molecule has 0 radical (unpaired) electrons. The van der Waals surface area contributed by atoms with Crippen molar-refractivity contribution in [2.45, 2.75) is 52.1 Å². The Hall–Kier alpha value is -1.00. The van der Waals surface area contributed by atoms with E-state index < -0.39 is 11.6 Å². The summed E-state index contributed by atoms with van der Waals surface area (Å²) in [7, 11) is 0. The van der Waals surface area contributed by atoms with Crippen LogP contribution in [0.2, 0.25) is 5.02 Å². The van der Waals surface area contributed by atoms with Gasteiger partial charge in [-0.2, -0.15) is 0 Å². The van der Waals surface area contributed by atoms with E-state index in [9.17, 15) is 9.90 Å². The Kier molecular flexibility index (Phi) is 5.88. The fourth-order valence-electron chi connectivity index (χ4n) is 2.42. The van der Waals surface area contributed by atoms with E-state index in [1.807, 2.05) is 34.6 Å². The van der Waals surface area contributed by atoms with Crippen molar-refractivity contribution in [3.8, 4) is 0 Å². The van der Waals surface area contributed by atoms with Crippen LogP contribution in [-0.4, -0.2) is 26.6 Å². The first-order valence-electron chi connectivity index (χ1n) is 6.82. The van der Waals surface area contributed by atoms with Crippen LogP contribution in [0.3, 0.4) is 0 Å². The number of halogens is 2. The third-order valence-corrected chi connectivity index (χ3v) is 3.73. The maximum Gasteiger partial charge on any atom is 0.408 e. The normalized spacial score (nSPS) is 13.3. The molecule has 6 heteroatoms. The van der Waals surface area contributed by atoms with E-state index in [0.29, 0.717) is 10.7 Å². The first kappa shape index (κ1) is 18.1. The summed E-state index contributed by atoms with van der Waals surface area (Å²) in [6.07, 6.45) is 0.559. The van der Waals surface area contributed by atoms with Gasteiger partial charge in [0.25, 0.3) is 0 Å². The minimum absolute atomic E-state index is 0.0518. The second kappa shape index (κ2) is 6.84. The molecular formula is C15H22Cl2N2O2. The summed E-state index contributed by atoms with van der Waals surface area (Å²) in [5.41, 5.74) is 0.881. The molecule has 1 atom stereocenters. The Morgan fingerprint density at radius 3 is 2.38 bits per heavy atom. The fourth-order valence-corrected chi connectivity index (χ4v) is 2.82. The highest BCUT2D eigenvalue weighted by atomic mass is 35.5. The SMILES string of the molecule is CC(C)[C@@H](c1ncc(Cl)cc1CCl)N(C(=O)O)C(C)(C)C. The van der Waals surface area contributed by atoms with Gasteiger partial charge in [-0.3, -0.25) is 9.88 Å². The molecule has 1 aromatic heterocycles. The van der Waals surface area contributed by atoms with Gasteiger partial charge < -0.3 is 5.11 Å². The van der Waals surface area contributed by atoms with Crippen LogP contribution in [0.4, 0.5) is 4.79 Å². The van der Waals surface area contributed by atoms with Crippen molar-refractivity contribution in [1.29, 1.82) is 0 Å². The number of hydrogen-bond donors (Lipinski definition) is 1. The van der Waals surface area contributed by atoms with Gasteiger partial charge >= 0.3 is 6.09 Å². The Labute approximate surface area is 136 Å². The van der Waals surface area contributed by atoms with E-state index in [2.05, 4.69) is 4.98 Å². The zero-order chi connectivity index (χ0) is 16.4. The van der Waals surface area contributed by atoms with Crippen molar-refractivity contribution in [3.63, 3.8) is 0 Å². The third-order valence-electron chi connectivity index (χ3n) is 3.23. The smallest absolute Gasteiger partial charge is 0.408 e. The molecule has 0 spiro atoms. The average Bonchev–Trinajstić information content (AvgIpc) is 2.33. The van der Waals surface area contributed by atoms with Crippen LogP contribution in [0.1, 0.15) is 51.9 Å². The molecule has 1 heterocycles. The molecule has 0 fully saturated rings. The van der Waals surface area contributed by atoms with E-state index >= 15 is 0 Å².